The number of aromatic hydroxyl groups is 1. The van der Waals surface area contributed by atoms with Gasteiger partial charge in [0.2, 0.25) is 0 Å². The molecule has 0 amide bonds. The topological polar surface area (TPSA) is 97.6 Å². The molecule has 7 heteroatoms. The number of hydrogen-bond acceptors (Lipinski definition) is 7. The van der Waals surface area contributed by atoms with Gasteiger partial charge in [-0.15, -0.1) is 0 Å². The van der Waals surface area contributed by atoms with Crippen LogP contribution in [0.15, 0.2) is 79.1 Å². The minimum absolute atomic E-state index is 0.0272. The summed E-state index contributed by atoms with van der Waals surface area (Å²) in [5, 5.41) is 20.9. The zero-order chi connectivity index (χ0) is 26.2. The van der Waals surface area contributed by atoms with Gasteiger partial charge < -0.3 is 19.7 Å². The first-order valence-electron chi connectivity index (χ1n) is 12.2. The first kappa shape index (κ1) is 25.9. The van der Waals surface area contributed by atoms with Crippen LogP contribution in [0.4, 0.5) is 0 Å². The van der Waals surface area contributed by atoms with Crippen molar-refractivity contribution in [2.45, 2.75) is 33.3 Å². The minimum atomic E-state index is -0.805. The number of aliphatic hydroxyl groups is 1. The van der Waals surface area contributed by atoms with Gasteiger partial charge in [-0.25, -0.2) is 15.0 Å². The molecule has 0 aliphatic heterocycles. The van der Waals surface area contributed by atoms with E-state index in [2.05, 4.69) is 0 Å². The van der Waals surface area contributed by atoms with E-state index in [0.717, 1.165) is 28.7 Å². The molecule has 1 heterocycles. The highest BCUT2D eigenvalue weighted by molar-refractivity contribution is 5.72. The van der Waals surface area contributed by atoms with Crippen LogP contribution in [-0.4, -0.2) is 44.5 Å². The smallest absolute Gasteiger partial charge is 0.167 e. The number of phenols is 1. The number of nitrogens with zero attached hydrogens (tertiary/aromatic N) is 3. The van der Waals surface area contributed by atoms with Gasteiger partial charge in [-0.05, 0) is 43.5 Å². The Hall–Kier alpha value is -4.23. The van der Waals surface area contributed by atoms with Crippen LogP contribution < -0.4 is 4.74 Å². The van der Waals surface area contributed by atoms with E-state index >= 15 is 0 Å². The Morgan fingerprint density at radius 2 is 1.35 bits per heavy atom. The van der Waals surface area contributed by atoms with E-state index in [1.54, 1.807) is 18.4 Å². The molecule has 2 N–H and O–H groups in total. The summed E-state index contributed by atoms with van der Waals surface area (Å²) in [5.41, 5.74) is 4.32. The quantitative estimate of drug-likeness (QED) is 0.264. The van der Waals surface area contributed by atoms with Crippen molar-refractivity contribution in [1.82, 2.24) is 15.0 Å². The number of hydrogen-bond donors (Lipinski definition) is 2. The van der Waals surface area contributed by atoms with Crippen molar-refractivity contribution >= 4 is 0 Å². The van der Waals surface area contributed by atoms with E-state index in [1.165, 1.54) is 6.07 Å². The number of rotatable bonds is 10. The Balaban J connectivity index is 1.64. The molecule has 0 aliphatic rings. The molecule has 0 aliphatic carbocycles. The van der Waals surface area contributed by atoms with Crippen LogP contribution in [0, 0.1) is 13.8 Å². The van der Waals surface area contributed by atoms with Gasteiger partial charge in [0.25, 0.3) is 0 Å². The van der Waals surface area contributed by atoms with Crippen molar-refractivity contribution in [2.24, 2.45) is 0 Å². The first-order chi connectivity index (χ1) is 18.0. The van der Waals surface area contributed by atoms with Crippen molar-refractivity contribution in [3.8, 4) is 45.7 Å². The number of benzene rings is 3. The summed E-state index contributed by atoms with van der Waals surface area (Å²) in [6.45, 7) is 6.17. The monoisotopic (exact) mass is 497 g/mol. The predicted molar refractivity (Wildman–Crippen MR) is 144 cm³/mol. The van der Waals surface area contributed by atoms with Gasteiger partial charge >= 0.3 is 0 Å². The van der Waals surface area contributed by atoms with E-state index in [1.807, 2.05) is 75.4 Å². The van der Waals surface area contributed by atoms with Crippen molar-refractivity contribution in [3.05, 3.63) is 90.2 Å². The summed E-state index contributed by atoms with van der Waals surface area (Å²) in [4.78, 5) is 14.2. The highest BCUT2D eigenvalue weighted by Crippen LogP contribution is 2.33. The Labute approximate surface area is 217 Å². The lowest BCUT2D eigenvalue weighted by Gasteiger charge is -2.14. The molecule has 4 rings (SSSR count). The summed E-state index contributed by atoms with van der Waals surface area (Å²) in [7, 11) is 0. The SMILES string of the molecule is CCC=COCC(O)COc1ccc(-c2nc(-c3ccccc3C)nc(-c3ccccc3C)n2)c(O)c1. The summed E-state index contributed by atoms with van der Waals surface area (Å²) >= 11 is 0. The lowest BCUT2D eigenvalue weighted by Crippen LogP contribution is -2.22. The van der Waals surface area contributed by atoms with Gasteiger partial charge in [-0.2, -0.15) is 0 Å². The van der Waals surface area contributed by atoms with Crippen LogP contribution >= 0.6 is 0 Å². The van der Waals surface area contributed by atoms with E-state index in [0.29, 0.717) is 28.8 Å². The summed E-state index contributed by atoms with van der Waals surface area (Å²) < 4.78 is 10.9. The van der Waals surface area contributed by atoms with Crippen LogP contribution in [0.25, 0.3) is 34.2 Å². The number of ether oxygens (including phenoxy) is 2. The Morgan fingerprint density at radius 1 is 0.784 bits per heavy atom. The third kappa shape index (κ3) is 6.51. The van der Waals surface area contributed by atoms with Crippen molar-refractivity contribution in [1.29, 1.82) is 0 Å². The van der Waals surface area contributed by atoms with Crippen LogP contribution in [0.3, 0.4) is 0 Å². The average molecular weight is 498 g/mol. The largest absolute Gasteiger partial charge is 0.507 e. The lowest BCUT2D eigenvalue weighted by atomic mass is 10.1. The molecule has 0 radical (unpaired) electrons. The normalized spacial score (nSPS) is 12.0. The maximum absolute atomic E-state index is 10.9. The Bertz CT molecular complexity index is 1320. The molecular formula is C30H31N3O4. The van der Waals surface area contributed by atoms with E-state index in [4.69, 9.17) is 24.4 Å². The third-order valence-electron chi connectivity index (χ3n) is 5.78. The number of allylic oxidation sites excluding steroid dienone is 1. The molecule has 1 aromatic heterocycles. The molecular weight excluding hydrogens is 466 g/mol. The van der Waals surface area contributed by atoms with Gasteiger partial charge in [0.1, 0.15) is 30.8 Å². The van der Waals surface area contributed by atoms with Crippen LogP contribution in [0.1, 0.15) is 24.5 Å². The maximum atomic E-state index is 10.9. The van der Waals surface area contributed by atoms with Crippen molar-refractivity contribution in [3.63, 3.8) is 0 Å². The molecule has 190 valence electrons. The van der Waals surface area contributed by atoms with Crippen LogP contribution in [-0.2, 0) is 4.74 Å². The first-order valence-corrected chi connectivity index (χ1v) is 12.2. The molecule has 1 unspecified atom stereocenters. The number of aryl methyl sites for hydroxylation is 2. The fourth-order valence-electron chi connectivity index (χ4n) is 3.75. The van der Waals surface area contributed by atoms with Crippen molar-refractivity contribution < 1.29 is 19.7 Å². The fourth-order valence-corrected chi connectivity index (χ4v) is 3.75. The predicted octanol–water partition coefficient (Wildman–Crippen LogP) is 5.88. The van der Waals surface area contributed by atoms with Crippen LogP contribution in [0.2, 0.25) is 0 Å². The summed E-state index contributed by atoms with van der Waals surface area (Å²) in [5.74, 6) is 1.79. The summed E-state index contributed by atoms with van der Waals surface area (Å²) in [6, 6.07) is 20.7. The van der Waals surface area contributed by atoms with Gasteiger partial charge in [-0.1, -0.05) is 61.5 Å². The molecule has 37 heavy (non-hydrogen) atoms. The van der Waals surface area contributed by atoms with Gasteiger partial charge in [0.15, 0.2) is 17.5 Å². The summed E-state index contributed by atoms with van der Waals surface area (Å²) in [6.07, 6.45) is 3.48. The third-order valence-corrected chi connectivity index (χ3v) is 5.78. The standard InChI is InChI=1S/C30H31N3O4/c1-4-5-16-36-18-22(34)19-37-23-14-15-26(27(35)17-23)30-32-28(24-12-8-6-10-20(24)2)31-29(33-30)25-13-9-7-11-21(25)3/h5-17,22,34-35H,4,18-19H2,1-3H3. The molecule has 0 bridgehead atoms. The number of phenolic OH excluding ortho intramolecular Hbond substituents is 1. The van der Waals surface area contributed by atoms with Gasteiger partial charge in [0, 0.05) is 17.2 Å². The Morgan fingerprint density at radius 3 is 1.89 bits per heavy atom. The molecule has 4 aromatic rings. The lowest BCUT2D eigenvalue weighted by molar-refractivity contribution is 0.0462. The van der Waals surface area contributed by atoms with E-state index in [9.17, 15) is 10.2 Å². The maximum Gasteiger partial charge on any atom is 0.167 e. The zero-order valence-corrected chi connectivity index (χ0v) is 21.3. The van der Waals surface area contributed by atoms with E-state index < -0.39 is 6.10 Å². The Kier molecular flexibility index (Phi) is 8.48. The van der Waals surface area contributed by atoms with Crippen LogP contribution in [0.5, 0.6) is 11.5 Å². The molecule has 0 saturated heterocycles. The second kappa shape index (κ2) is 12.1. The average Bonchev–Trinajstić information content (AvgIpc) is 2.90. The molecule has 0 saturated carbocycles. The molecule has 1 atom stereocenters. The van der Waals surface area contributed by atoms with Gasteiger partial charge in [-0.3, -0.25) is 0 Å². The second-order valence-corrected chi connectivity index (χ2v) is 8.69. The second-order valence-electron chi connectivity index (χ2n) is 8.69. The molecule has 0 spiro atoms. The highest BCUT2D eigenvalue weighted by atomic mass is 16.5. The van der Waals surface area contributed by atoms with Gasteiger partial charge in [0.05, 0.1) is 11.8 Å². The number of aliphatic hydroxyl groups excluding tert-OH is 1. The highest BCUT2D eigenvalue weighted by Gasteiger charge is 2.17. The van der Waals surface area contributed by atoms with E-state index in [-0.39, 0.29) is 19.0 Å². The minimum Gasteiger partial charge on any atom is -0.507 e. The molecule has 0 fully saturated rings. The molecule has 3 aromatic carbocycles. The number of aromatic nitrogens is 3. The zero-order valence-electron chi connectivity index (χ0n) is 21.3. The molecule has 7 nitrogen and oxygen atoms in total. The fraction of sp³-hybridized carbons (Fsp3) is 0.233. The van der Waals surface area contributed by atoms with Crippen molar-refractivity contribution in [2.75, 3.05) is 13.2 Å².